The molecule has 0 saturated heterocycles. The fourth-order valence-corrected chi connectivity index (χ4v) is 1.62. The molecule has 2 aromatic rings. The number of benzene rings is 2. The highest BCUT2D eigenvalue weighted by Gasteiger charge is 2.05. The summed E-state index contributed by atoms with van der Waals surface area (Å²) < 4.78 is 0. The highest BCUT2D eigenvalue weighted by atomic mass is 16.3. The van der Waals surface area contributed by atoms with Crippen LogP contribution in [0.1, 0.15) is 5.56 Å². The Bertz CT molecular complexity index is 451. The lowest BCUT2D eigenvalue weighted by Gasteiger charge is -2.09. The van der Waals surface area contributed by atoms with Gasteiger partial charge in [0.25, 0.3) is 0 Å². The van der Waals surface area contributed by atoms with Crippen molar-refractivity contribution in [2.75, 3.05) is 5.73 Å². The van der Waals surface area contributed by atoms with Crippen LogP contribution >= 0.6 is 0 Å². The number of para-hydroxylation sites is 1. The molecule has 2 aromatic carbocycles. The quantitative estimate of drug-likeness (QED) is 0.730. The molecule has 0 spiro atoms. The average Bonchev–Trinajstić information content (AvgIpc) is 2.30. The molecule has 2 rings (SSSR count). The van der Waals surface area contributed by atoms with Gasteiger partial charge in [0.1, 0.15) is 0 Å². The van der Waals surface area contributed by atoms with Crippen molar-refractivity contribution in [2.45, 2.75) is 6.61 Å². The van der Waals surface area contributed by atoms with Crippen LogP contribution in [0.3, 0.4) is 0 Å². The second kappa shape index (κ2) is 4.15. The zero-order valence-corrected chi connectivity index (χ0v) is 8.35. The Labute approximate surface area is 89.0 Å². The van der Waals surface area contributed by atoms with Crippen molar-refractivity contribution in [1.82, 2.24) is 0 Å². The third-order valence-electron chi connectivity index (χ3n) is 2.45. The molecule has 0 bridgehead atoms. The van der Waals surface area contributed by atoms with Crippen molar-refractivity contribution >= 4 is 5.69 Å². The van der Waals surface area contributed by atoms with Gasteiger partial charge in [-0.1, -0.05) is 48.5 Å². The minimum atomic E-state index is -0.0213. The van der Waals surface area contributed by atoms with E-state index in [1.54, 1.807) is 0 Å². The molecule has 0 heterocycles. The van der Waals surface area contributed by atoms with Crippen LogP contribution in [0.25, 0.3) is 11.1 Å². The van der Waals surface area contributed by atoms with Crippen molar-refractivity contribution in [1.29, 1.82) is 0 Å². The van der Waals surface area contributed by atoms with Crippen LogP contribution < -0.4 is 5.73 Å². The summed E-state index contributed by atoms with van der Waals surface area (Å²) in [6.45, 7) is -0.0213. The van der Waals surface area contributed by atoms with E-state index in [1.807, 2.05) is 48.5 Å². The molecule has 76 valence electrons. The summed E-state index contributed by atoms with van der Waals surface area (Å²) in [5.74, 6) is 0. The summed E-state index contributed by atoms with van der Waals surface area (Å²) in [6, 6.07) is 15.6. The van der Waals surface area contributed by atoms with E-state index < -0.39 is 0 Å². The Hall–Kier alpha value is -1.80. The molecule has 0 amide bonds. The number of aliphatic hydroxyl groups excluding tert-OH is 1. The number of nitrogen functional groups attached to an aromatic ring is 1. The third kappa shape index (κ3) is 1.85. The fourth-order valence-electron chi connectivity index (χ4n) is 1.62. The molecule has 0 radical (unpaired) electrons. The van der Waals surface area contributed by atoms with Gasteiger partial charge in [-0.05, 0) is 5.56 Å². The summed E-state index contributed by atoms with van der Waals surface area (Å²) in [6.07, 6.45) is 0. The molecule has 3 N–H and O–H groups in total. The molecular formula is C13H13NO. The molecule has 0 saturated carbocycles. The van der Waals surface area contributed by atoms with Crippen LogP contribution in [0, 0.1) is 0 Å². The Morgan fingerprint density at radius 1 is 0.933 bits per heavy atom. The Morgan fingerprint density at radius 3 is 2.33 bits per heavy atom. The van der Waals surface area contributed by atoms with Crippen molar-refractivity contribution in [3.63, 3.8) is 0 Å². The molecular weight excluding hydrogens is 186 g/mol. The van der Waals surface area contributed by atoms with Gasteiger partial charge in [0.15, 0.2) is 0 Å². The lowest BCUT2D eigenvalue weighted by molar-refractivity contribution is 0.282. The molecule has 0 aliphatic rings. The van der Waals surface area contributed by atoms with Crippen molar-refractivity contribution in [2.24, 2.45) is 0 Å². The maximum atomic E-state index is 9.11. The monoisotopic (exact) mass is 199 g/mol. The Morgan fingerprint density at radius 2 is 1.67 bits per heavy atom. The van der Waals surface area contributed by atoms with Crippen LogP contribution in [-0.2, 0) is 6.61 Å². The molecule has 0 atom stereocenters. The van der Waals surface area contributed by atoms with Crippen LogP contribution in [0.5, 0.6) is 0 Å². The summed E-state index contributed by atoms with van der Waals surface area (Å²) in [4.78, 5) is 0. The van der Waals surface area contributed by atoms with E-state index in [4.69, 9.17) is 10.8 Å². The standard InChI is InChI=1S/C13H13NO/c14-13-11(9-15)7-4-8-12(13)10-5-2-1-3-6-10/h1-8,15H,9,14H2. The normalized spacial score (nSPS) is 10.2. The summed E-state index contributed by atoms with van der Waals surface area (Å²) in [5.41, 5.74) is 9.45. The van der Waals surface area contributed by atoms with E-state index >= 15 is 0 Å². The van der Waals surface area contributed by atoms with Crippen molar-refractivity contribution < 1.29 is 5.11 Å². The second-order valence-electron chi connectivity index (χ2n) is 3.40. The minimum Gasteiger partial charge on any atom is -0.398 e. The number of rotatable bonds is 2. The number of hydrogen-bond donors (Lipinski definition) is 2. The van der Waals surface area contributed by atoms with Gasteiger partial charge in [-0.3, -0.25) is 0 Å². The summed E-state index contributed by atoms with van der Waals surface area (Å²) >= 11 is 0. The fraction of sp³-hybridized carbons (Fsp3) is 0.0769. The number of hydrogen-bond acceptors (Lipinski definition) is 2. The van der Waals surface area contributed by atoms with Gasteiger partial charge in [-0.15, -0.1) is 0 Å². The molecule has 0 fully saturated rings. The molecule has 0 aromatic heterocycles. The summed E-state index contributed by atoms with van der Waals surface area (Å²) in [5, 5.41) is 9.11. The third-order valence-corrected chi connectivity index (χ3v) is 2.45. The van der Waals surface area contributed by atoms with E-state index in [-0.39, 0.29) is 6.61 Å². The van der Waals surface area contributed by atoms with Gasteiger partial charge < -0.3 is 10.8 Å². The van der Waals surface area contributed by atoms with E-state index in [2.05, 4.69) is 0 Å². The summed E-state index contributed by atoms with van der Waals surface area (Å²) in [7, 11) is 0. The van der Waals surface area contributed by atoms with E-state index in [0.717, 1.165) is 16.7 Å². The largest absolute Gasteiger partial charge is 0.398 e. The maximum absolute atomic E-state index is 9.11. The molecule has 0 unspecified atom stereocenters. The van der Waals surface area contributed by atoms with Crippen LogP contribution in [0.2, 0.25) is 0 Å². The average molecular weight is 199 g/mol. The van der Waals surface area contributed by atoms with Crippen LogP contribution in [0.15, 0.2) is 48.5 Å². The molecule has 15 heavy (non-hydrogen) atoms. The smallest absolute Gasteiger partial charge is 0.0702 e. The van der Waals surface area contributed by atoms with Crippen LogP contribution in [-0.4, -0.2) is 5.11 Å². The lowest BCUT2D eigenvalue weighted by Crippen LogP contribution is -1.96. The van der Waals surface area contributed by atoms with Gasteiger partial charge >= 0.3 is 0 Å². The Kier molecular flexibility index (Phi) is 2.70. The van der Waals surface area contributed by atoms with Crippen molar-refractivity contribution in [3.8, 4) is 11.1 Å². The van der Waals surface area contributed by atoms with Crippen LogP contribution in [0.4, 0.5) is 5.69 Å². The van der Waals surface area contributed by atoms with Crippen molar-refractivity contribution in [3.05, 3.63) is 54.1 Å². The first-order chi connectivity index (χ1) is 7.33. The van der Waals surface area contributed by atoms with Gasteiger partial charge in [-0.2, -0.15) is 0 Å². The van der Waals surface area contributed by atoms with E-state index in [0.29, 0.717) is 5.69 Å². The number of nitrogens with two attached hydrogens (primary N) is 1. The predicted octanol–water partition coefficient (Wildman–Crippen LogP) is 2.43. The Balaban J connectivity index is 2.54. The number of aliphatic hydroxyl groups is 1. The van der Waals surface area contributed by atoms with Gasteiger partial charge in [0.05, 0.1) is 6.61 Å². The first-order valence-corrected chi connectivity index (χ1v) is 4.86. The van der Waals surface area contributed by atoms with Gasteiger partial charge in [0, 0.05) is 16.8 Å². The topological polar surface area (TPSA) is 46.2 Å². The van der Waals surface area contributed by atoms with E-state index in [1.165, 1.54) is 0 Å². The predicted molar refractivity (Wildman–Crippen MR) is 62.2 cm³/mol. The highest BCUT2D eigenvalue weighted by molar-refractivity contribution is 5.78. The second-order valence-corrected chi connectivity index (χ2v) is 3.40. The first kappa shape index (κ1) is 9.74. The zero-order chi connectivity index (χ0) is 10.7. The lowest BCUT2D eigenvalue weighted by atomic mass is 10.0. The number of anilines is 1. The molecule has 2 nitrogen and oxygen atoms in total. The molecule has 0 aliphatic carbocycles. The zero-order valence-electron chi connectivity index (χ0n) is 8.35. The SMILES string of the molecule is Nc1c(CO)cccc1-c1ccccc1. The van der Waals surface area contributed by atoms with Gasteiger partial charge in [-0.25, -0.2) is 0 Å². The molecule has 0 aliphatic heterocycles. The van der Waals surface area contributed by atoms with Gasteiger partial charge in [0.2, 0.25) is 0 Å². The van der Waals surface area contributed by atoms with E-state index in [9.17, 15) is 0 Å². The minimum absolute atomic E-state index is 0.0213. The molecule has 2 heteroatoms. The first-order valence-electron chi connectivity index (χ1n) is 4.86. The highest BCUT2D eigenvalue weighted by Crippen LogP contribution is 2.28. The maximum Gasteiger partial charge on any atom is 0.0702 e.